The number of nitro benzene ring substituents is 1. The minimum atomic E-state index is -0.371. The highest BCUT2D eigenvalue weighted by molar-refractivity contribution is 7.80. The van der Waals surface area contributed by atoms with Gasteiger partial charge in [-0.2, -0.15) is 0 Å². The van der Waals surface area contributed by atoms with Gasteiger partial charge in [-0.05, 0) is 67.9 Å². The maximum absolute atomic E-state index is 11.9. The average Bonchev–Trinajstić information content (AvgIpc) is 3.28. The molecule has 1 aliphatic rings. The van der Waals surface area contributed by atoms with Crippen molar-refractivity contribution in [2.24, 2.45) is 5.92 Å². The van der Waals surface area contributed by atoms with Gasteiger partial charge in [0, 0.05) is 24.1 Å². The SMILES string of the molecule is COc1ccc(-n2c(C)cc([C@H]3[C@H](c4ccccn4)NC(=S)N3CC(C)C)c2C)c([N+](=O)[O-])c1. The monoisotopic (exact) mass is 479 g/mol. The lowest BCUT2D eigenvalue weighted by Crippen LogP contribution is -2.33. The molecular formula is C25H29N5O3S. The lowest BCUT2D eigenvalue weighted by molar-refractivity contribution is -0.384. The van der Waals surface area contributed by atoms with Gasteiger partial charge in [-0.3, -0.25) is 15.1 Å². The summed E-state index contributed by atoms with van der Waals surface area (Å²) >= 11 is 5.75. The van der Waals surface area contributed by atoms with Gasteiger partial charge in [0.05, 0.1) is 35.9 Å². The maximum Gasteiger partial charge on any atom is 0.296 e. The van der Waals surface area contributed by atoms with Crippen molar-refractivity contribution in [3.8, 4) is 11.4 Å². The summed E-state index contributed by atoms with van der Waals surface area (Å²) in [5.74, 6) is 0.845. The molecule has 0 unspecified atom stereocenters. The molecule has 34 heavy (non-hydrogen) atoms. The van der Waals surface area contributed by atoms with Gasteiger partial charge in [-0.25, -0.2) is 0 Å². The number of ether oxygens (including phenoxy) is 1. The second-order valence-corrected chi connectivity index (χ2v) is 9.33. The van der Waals surface area contributed by atoms with Crippen LogP contribution in [-0.2, 0) is 0 Å². The van der Waals surface area contributed by atoms with E-state index in [4.69, 9.17) is 17.0 Å². The second kappa shape index (κ2) is 9.42. The lowest BCUT2D eigenvalue weighted by atomic mass is 9.96. The summed E-state index contributed by atoms with van der Waals surface area (Å²) in [7, 11) is 1.50. The number of nitro groups is 1. The number of aryl methyl sites for hydroxylation is 1. The number of rotatable bonds is 7. The number of nitrogens with one attached hydrogen (secondary N) is 1. The van der Waals surface area contributed by atoms with Gasteiger partial charge >= 0.3 is 0 Å². The Labute approximate surface area is 204 Å². The zero-order valence-electron chi connectivity index (χ0n) is 20.0. The second-order valence-electron chi connectivity index (χ2n) is 8.95. The molecule has 0 radical (unpaired) electrons. The molecule has 1 saturated heterocycles. The highest BCUT2D eigenvalue weighted by Crippen LogP contribution is 2.42. The molecule has 3 aromatic rings. The number of aromatic nitrogens is 2. The smallest absolute Gasteiger partial charge is 0.296 e. The Balaban J connectivity index is 1.87. The molecule has 9 heteroatoms. The Morgan fingerprint density at radius 2 is 2.00 bits per heavy atom. The quantitative estimate of drug-likeness (QED) is 0.289. The minimum Gasteiger partial charge on any atom is -0.496 e. The Hall–Kier alpha value is -3.46. The van der Waals surface area contributed by atoms with E-state index in [1.54, 1.807) is 18.3 Å². The molecule has 0 aliphatic carbocycles. The first-order valence-corrected chi connectivity index (χ1v) is 11.6. The fraction of sp³-hybridized carbons (Fsp3) is 0.360. The molecule has 2 aromatic heterocycles. The van der Waals surface area contributed by atoms with Gasteiger partial charge < -0.3 is 19.5 Å². The number of pyridine rings is 1. The van der Waals surface area contributed by atoms with E-state index in [2.05, 4.69) is 35.1 Å². The highest BCUT2D eigenvalue weighted by Gasteiger charge is 2.41. The molecule has 0 saturated carbocycles. The third-order valence-electron chi connectivity index (χ3n) is 6.17. The van der Waals surface area contributed by atoms with Crippen LogP contribution in [0.4, 0.5) is 5.69 Å². The van der Waals surface area contributed by atoms with Crippen molar-refractivity contribution < 1.29 is 9.66 Å². The molecule has 178 valence electrons. The number of hydrogen-bond acceptors (Lipinski definition) is 5. The molecule has 0 bridgehead atoms. The van der Waals surface area contributed by atoms with Gasteiger partial charge in [0.1, 0.15) is 11.4 Å². The van der Waals surface area contributed by atoms with E-state index < -0.39 is 0 Å². The van der Waals surface area contributed by atoms with Crippen molar-refractivity contribution in [3.63, 3.8) is 0 Å². The Morgan fingerprint density at radius 3 is 2.62 bits per heavy atom. The minimum absolute atomic E-state index is 0.00641. The van der Waals surface area contributed by atoms with Gasteiger partial charge in [0.2, 0.25) is 0 Å². The topological polar surface area (TPSA) is 85.5 Å². The highest BCUT2D eigenvalue weighted by atomic mass is 32.1. The average molecular weight is 480 g/mol. The Bertz CT molecular complexity index is 1220. The first-order valence-electron chi connectivity index (χ1n) is 11.2. The van der Waals surface area contributed by atoms with E-state index in [0.29, 0.717) is 22.5 Å². The van der Waals surface area contributed by atoms with E-state index in [-0.39, 0.29) is 22.7 Å². The van der Waals surface area contributed by atoms with Gasteiger partial charge in [-0.1, -0.05) is 19.9 Å². The third kappa shape index (κ3) is 4.23. The number of methoxy groups -OCH3 is 1. The number of hydrogen-bond donors (Lipinski definition) is 1. The van der Waals surface area contributed by atoms with Gasteiger partial charge in [0.25, 0.3) is 5.69 Å². The molecule has 1 aliphatic heterocycles. The predicted molar refractivity (Wildman–Crippen MR) is 135 cm³/mol. The summed E-state index contributed by atoms with van der Waals surface area (Å²) in [6.45, 7) is 9.08. The molecule has 8 nitrogen and oxygen atoms in total. The molecule has 1 aromatic carbocycles. The number of benzene rings is 1. The van der Waals surface area contributed by atoms with E-state index in [1.165, 1.54) is 13.2 Å². The van der Waals surface area contributed by atoms with Crippen molar-refractivity contribution >= 4 is 23.0 Å². The zero-order valence-corrected chi connectivity index (χ0v) is 20.8. The largest absolute Gasteiger partial charge is 0.496 e. The van der Waals surface area contributed by atoms with Crippen LogP contribution in [0.5, 0.6) is 5.75 Å². The zero-order chi connectivity index (χ0) is 24.6. The van der Waals surface area contributed by atoms with Gasteiger partial charge in [0.15, 0.2) is 5.11 Å². The van der Waals surface area contributed by atoms with Crippen molar-refractivity contribution in [3.05, 3.63) is 81.4 Å². The van der Waals surface area contributed by atoms with E-state index >= 15 is 0 Å². The van der Waals surface area contributed by atoms with E-state index in [1.807, 2.05) is 36.6 Å². The summed E-state index contributed by atoms with van der Waals surface area (Å²) in [5, 5.41) is 16.1. The predicted octanol–water partition coefficient (Wildman–Crippen LogP) is 5.03. The molecule has 0 spiro atoms. The van der Waals surface area contributed by atoms with Crippen LogP contribution in [0.1, 0.15) is 48.6 Å². The Kier molecular flexibility index (Phi) is 6.56. The molecule has 3 heterocycles. The molecule has 1 N–H and O–H groups in total. The van der Waals surface area contributed by atoms with Crippen LogP contribution in [-0.4, -0.2) is 38.1 Å². The van der Waals surface area contributed by atoms with E-state index in [9.17, 15) is 10.1 Å². The summed E-state index contributed by atoms with van der Waals surface area (Å²) < 4.78 is 7.16. The molecular weight excluding hydrogens is 450 g/mol. The van der Waals surface area contributed by atoms with Crippen molar-refractivity contribution in [1.29, 1.82) is 0 Å². The summed E-state index contributed by atoms with van der Waals surface area (Å²) in [5.41, 5.74) is 4.30. The van der Waals surface area contributed by atoms with E-state index in [0.717, 1.165) is 29.2 Å². The fourth-order valence-electron chi connectivity index (χ4n) is 4.76. The molecule has 2 atom stereocenters. The van der Waals surface area contributed by atoms with Gasteiger partial charge in [-0.15, -0.1) is 0 Å². The molecule has 0 amide bonds. The van der Waals surface area contributed by atoms with Crippen LogP contribution in [0.3, 0.4) is 0 Å². The third-order valence-corrected chi connectivity index (χ3v) is 6.52. The van der Waals surface area contributed by atoms with Crippen LogP contribution in [0.15, 0.2) is 48.7 Å². The normalized spacial score (nSPS) is 17.8. The Morgan fingerprint density at radius 1 is 1.24 bits per heavy atom. The number of thiocarbonyl (C=S) groups is 1. The van der Waals surface area contributed by atoms with Crippen LogP contribution in [0, 0.1) is 29.9 Å². The van der Waals surface area contributed by atoms with Crippen LogP contribution in [0.2, 0.25) is 0 Å². The van der Waals surface area contributed by atoms with Crippen LogP contribution in [0.25, 0.3) is 5.69 Å². The summed E-state index contributed by atoms with van der Waals surface area (Å²) in [4.78, 5) is 18.3. The van der Waals surface area contributed by atoms with Crippen LogP contribution >= 0.6 is 12.2 Å². The lowest BCUT2D eigenvalue weighted by Gasteiger charge is -2.29. The molecule has 1 fully saturated rings. The first-order chi connectivity index (χ1) is 16.2. The van der Waals surface area contributed by atoms with Crippen LogP contribution < -0.4 is 10.1 Å². The number of nitrogens with zero attached hydrogens (tertiary/aromatic N) is 4. The van der Waals surface area contributed by atoms with Crippen molar-refractivity contribution in [1.82, 2.24) is 19.8 Å². The standard InChI is InChI=1S/C25H29N5O3S/c1-15(2)14-28-24(23(27-25(28)34)20-8-6-7-11-26-20)19-12-16(3)29(17(19)4)21-10-9-18(33-5)13-22(21)30(31)32/h6-13,15,23-24H,14H2,1-5H3,(H,27,34)/t23-,24-/m0/s1. The van der Waals surface area contributed by atoms with Crippen molar-refractivity contribution in [2.75, 3.05) is 13.7 Å². The fourth-order valence-corrected chi connectivity index (χ4v) is 5.07. The molecule has 4 rings (SSSR count). The first kappa shape index (κ1) is 23.7. The van der Waals surface area contributed by atoms with Crippen molar-refractivity contribution in [2.45, 2.75) is 39.8 Å². The summed E-state index contributed by atoms with van der Waals surface area (Å²) in [6, 6.07) is 12.7. The maximum atomic E-state index is 11.9. The summed E-state index contributed by atoms with van der Waals surface area (Å²) in [6.07, 6.45) is 1.78.